The van der Waals surface area contributed by atoms with Crippen LogP contribution in [0.15, 0.2) is 251 Å². The van der Waals surface area contributed by atoms with Crippen LogP contribution in [0.5, 0.6) is 0 Å². The molecule has 0 spiro atoms. The zero-order chi connectivity index (χ0) is 58.1. The number of rotatable bonds is 7. The fourth-order valence-corrected chi connectivity index (χ4v) is 9.48. The van der Waals surface area contributed by atoms with E-state index in [1.807, 2.05) is 200 Å². The van der Waals surface area contributed by atoms with Gasteiger partial charge in [-0.3, -0.25) is 14.4 Å². The molecule has 0 aliphatic carbocycles. The van der Waals surface area contributed by atoms with Gasteiger partial charge in [0.05, 0.1) is 49.8 Å². The molecule has 410 valence electrons. The predicted octanol–water partition coefficient (Wildman–Crippen LogP) is 13.0. The fraction of sp³-hybridized carbons (Fsp3) is 0. The highest BCUT2D eigenvalue weighted by atomic mass is 35.5. The highest BCUT2D eigenvalue weighted by Crippen LogP contribution is 2.29. The van der Waals surface area contributed by atoms with Gasteiger partial charge in [0.25, 0.3) is 16.7 Å². The summed E-state index contributed by atoms with van der Waals surface area (Å²) in [6, 6.07) is 68.7. The van der Waals surface area contributed by atoms with Crippen molar-refractivity contribution in [2.45, 2.75) is 0 Å². The number of nitrogens with two attached hydrogens (primary N) is 1. The van der Waals surface area contributed by atoms with E-state index in [1.165, 1.54) is 0 Å². The lowest BCUT2D eigenvalue weighted by molar-refractivity contribution is 1.02. The summed E-state index contributed by atoms with van der Waals surface area (Å²) in [6.45, 7) is 0. The van der Waals surface area contributed by atoms with Crippen LogP contribution < -0.4 is 33.0 Å². The highest BCUT2D eigenvalue weighted by Gasteiger charge is 2.12. The van der Waals surface area contributed by atoms with E-state index in [-0.39, 0.29) is 16.7 Å². The van der Waals surface area contributed by atoms with Crippen molar-refractivity contribution in [3.63, 3.8) is 0 Å². The smallest absolute Gasteiger partial charge is 0.272 e. The number of hydrogen-bond donors (Lipinski definition) is 6. The molecule has 19 heteroatoms. The minimum Gasteiger partial charge on any atom is -0.399 e. The number of aromatic amines is 3. The van der Waals surface area contributed by atoms with Gasteiger partial charge in [0.15, 0.2) is 0 Å². The number of benzene rings is 9. The van der Waals surface area contributed by atoms with Gasteiger partial charge in [0.2, 0.25) is 17.2 Å². The second-order valence-corrected chi connectivity index (χ2v) is 19.4. The summed E-state index contributed by atoms with van der Waals surface area (Å²) in [5.74, 6) is 1.08. The number of nitrogens with zero attached hydrogens (tertiary/aromatic N) is 9. The van der Waals surface area contributed by atoms with Crippen molar-refractivity contribution in [2.24, 2.45) is 0 Å². The Hall–Kier alpha value is -11.9. The number of halogens is 1. The first-order valence-electron chi connectivity index (χ1n) is 26.5. The van der Waals surface area contributed by atoms with Crippen molar-refractivity contribution >= 4 is 106 Å². The van der Waals surface area contributed by atoms with Crippen molar-refractivity contribution in [2.75, 3.05) is 16.4 Å². The van der Waals surface area contributed by atoms with Crippen LogP contribution in [0.25, 0.3) is 98.8 Å². The van der Waals surface area contributed by atoms with Crippen molar-refractivity contribution in [1.29, 1.82) is 0 Å². The maximum atomic E-state index is 12.0. The van der Waals surface area contributed by atoms with E-state index in [0.29, 0.717) is 39.0 Å². The predicted molar refractivity (Wildman–Crippen MR) is 338 cm³/mol. The van der Waals surface area contributed by atoms with Gasteiger partial charge in [-0.05, 0) is 84.4 Å². The van der Waals surface area contributed by atoms with Gasteiger partial charge in [-0.15, -0.1) is 0 Å². The second-order valence-electron chi connectivity index (χ2n) is 19.1. The number of hydrogen-bond acceptors (Lipinski definition) is 15. The van der Waals surface area contributed by atoms with Crippen LogP contribution in [-0.2, 0) is 0 Å². The molecule has 15 aromatic rings. The van der Waals surface area contributed by atoms with Crippen molar-refractivity contribution in [1.82, 2.24) is 60.5 Å². The average Bonchev–Trinajstić information content (AvgIpc) is 3.72. The topological polar surface area (TPSA) is 265 Å². The highest BCUT2D eigenvalue weighted by molar-refractivity contribution is 6.28. The third kappa shape index (κ3) is 12.2. The minimum atomic E-state index is -0.189. The Bertz CT molecular complexity index is 4870. The number of para-hydroxylation sites is 3. The van der Waals surface area contributed by atoms with E-state index in [4.69, 9.17) is 17.3 Å². The Kier molecular flexibility index (Phi) is 15.5. The van der Waals surface area contributed by atoms with Gasteiger partial charge in [-0.1, -0.05) is 146 Å². The normalized spacial score (nSPS) is 10.8. The zero-order valence-corrected chi connectivity index (χ0v) is 45.5. The SMILES string of the molecule is Clc1ncc2ccccc2n1.Nc1ccc(-c2n[nH]c(=O)c3ccccc23)cc1.O=c1[nH]nc(-c2ccc(Nc3ncc4ccccc4n3)cc2)c2ccccc12.O=c1[nH]nc(-c2ccc(Nc3ncc4ccccc4n3)cc2)c2ccccc12. The summed E-state index contributed by atoms with van der Waals surface area (Å²) in [4.78, 5) is 61.3. The number of nitrogen functional groups attached to an aromatic ring is 1. The molecule has 0 bridgehead atoms. The molecule has 0 amide bonds. The molecule has 0 atom stereocenters. The molecule has 0 radical (unpaired) electrons. The Morgan fingerprint density at radius 3 is 1.02 bits per heavy atom. The van der Waals surface area contributed by atoms with Crippen molar-refractivity contribution in [3.8, 4) is 33.8 Å². The number of fused-ring (bicyclic) bond motifs is 6. The number of aromatic nitrogens is 12. The molecule has 0 aliphatic heterocycles. The second kappa shape index (κ2) is 24.5. The Morgan fingerprint density at radius 2 is 0.647 bits per heavy atom. The first kappa shape index (κ1) is 53.7. The molecule has 6 heterocycles. The van der Waals surface area contributed by atoms with Crippen LogP contribution in [-0.4, -0.2) is 60.5 Å². The van der Waals surface area contributed by atoms with E-state index in [9.17, 15) is 14.4 Å². The number of H-pyrrole nitrogens is 3. The van der Waals surface area contributed by atoms with Gasteiger partial charge >= 0.3 is 0 Å². The molecule has 0 aliphatic rings. The van der Waals surface area contributed by atoms with Gasteiger partial charge < -0.3 is 16.4 Å². The van der Waals surface area contributed by atoms with Gasteiger partial charge in [0, 0.05) is 84.7 Å². The van der Waals surface area contributed by atoms with Crippen LogP contribution in [0.2, 0.25) is 5.28 Å². The Balaban J connectivity index is 0.000000117. The molecule has 85 heavy (non-hydrogen) atoms. The first-order chi connectivity index (χ1) is 41.7. The first-order valence-corrected chi connectivity index (χ1v) is 26.9. The van der Waals surface area contributed by atoms with E-state index in [1.54, 1.807) is 36.8 Å². The lowest BCUT2D eigenvalue weighted by atomic mass is 10.0. The lowest BCUT2D eigenvalue weighted by Crippen LogP contribution is -2.09. The third-order valence-corrected chi connectivity index (χ3v) is 13.7. The number of nitrogens with one attached hydrogen (secondary N) is 5. The Labute approximate surface area is 487 Å². The maximum Gasteiger partial charge on any atom is 0.272 e. The number of anilines is 5. The van der Waals surface area contributed by atoms with Crippen LogP contribution in [0, 0.1) is 0 Å². The van der Waals surface area contributed by atoms with E-state index < -0.39 is 0 Å². The monoisotopic (exact) mass is 1130 g/mol. The summed E-state index contributed by atoms with van der Waals surface area (Å²) in [7, 11) is 0. The molecule has 15 rings (SSSR count). The van der Waals surface area contributed by atoms with Crippen LogP contribution in [0.1, 0.15) is 0 Å². The van der Waals surface area contributed by atoms with Gasteiger partial charge in [-0.2, -0.15) is 15.3 Å². The molecule has 0 fully saturated rings. The largest absolute Gasteiger partial charge is 0.399 e. The maximum absolute atomic E-state index is 12.0. The molecule has 7 N–H and O–H groups in total. The minimum absolute atomic E-state index is 0.176. The lowest BCUT2D eigenvalue weighted by Gasteiger charge is -2.08. The van der Waals surface area contributed by atoms with Crippen LogP contribution in [0.3, 0.4) is 0 Å². The molecule has 0 saturated heterocycles. The summed E-state index contributed by atoms with van der Waals surface area (Å²) in [6.07, 6.45) is 5.31. The molecule has 0 saturated carbocycles. The average molecular weight is 1130 g/mol. The van der Waals surface area contributed by atoms with Crippen molar-refractivity contribution < 1.29 is 0 Å². The summed E-state index contributed by atoms with van der Waals surface area (Å²) in [5, 5.41) is 34.4. The third-order valence-electron chi connectivity index (χ3n) is 13.5. The molecule has 6 aromatic heterocycles. The zero-order valence-electron chi connectivity index (χ0n) is 44.7. The Morgan fingerprint density at radius 1 is 0.341 bits per heavy atom. The summed E-state index contributed by atoms with van der Waals surface area (Å²) < 4.78 is 0. The van der Waals surface area contributed by atoms with Gasteiger partial charge in [0.1, 0.15) is 0 Å². The van der Waals surface area contributed by atoms with E-state index in [2.05, 4.69) is 71.1 Å². The molecule has 0 unspecified atom stereocenters. The summed E-state index contributed by atoms with van der Waals surface area (Å²) >= 11 is 5.60. The van der Waals surface area contributed by atoms with E-state index >= 15 is 0 Å². The van der Waals surface area contributed by atoms with Gasteiger partial charge in [-0.25, -0.2) is 45.2 Å². The van der Waals surface area contributed by atoms with Crippen LogP contribution >= 0.6 is 11.6 Å². The molecule has 9 aromatic carbocycles. The van der Waals surface area contributed by atoms with Crippen molar-refractivity contribution in [3.05, 3.63) is 273 Å². The van der Waals surface area contributed by atoms with Crippen LogP contribution in [0.4, 0.5) is 29.0 Å². The molecule has 18 nitrogen and oxygen atoms in total. The molecular weight excluding hydrogens is 1090 g/mol. The van der Waals surface area contributed by atoms with E-state index in [0.717, 1.165) is 94.0 Å². The fourth-order valence-electron chi connectivity index (χ4n) is 9.34. The summed E-state index contributed by atoms with van der Waals surface area (Å²) in [5.41, 5.74) is 15.2. The molecular formula is C66H46ClN15O3. The standard InChI is InChI=1S/2C22H15N5O.C14H11N3O.C8H5ClN2/c2*28-21-18-7-3-2-6-17(18)20(26-27-21)14-9-11-16(12-10-14)24-22-23-13-15-5-1-4-8-19(15)25-22;15-10-7-5-9(6-8-10)13-11-3-1-2-4-12(11)14(18)17-16-13;9-8-10-5-6-3-1-2-4-7(6)11-8/h2*1-13H,(H,27,28)(H,23,24,25);1-8H,15H2,(H,17,18);1-5H. The quantitative estimate of drug-likeness (QED) is 0.0640.